The molecule has 0 aromatic carbocycles. The molecule has 2 N–H and O–H groups in total. The number of carbonyl (C=O) groups excluding carboxylic acids is 1. The molecular weight excluding hydrogens is 250 g/mol. The van der Waals surface area contributed by atoms with E-state index in [2.05, 4.69) is 5.32 Å². The lowest BCUT2D eigenvalue weighted by Gasteiger charge is -2.18. The summed E-state index contributed by atoms with van der Waals surface area (Å²) >= 11 is 1.61. The van der Waals surface area contributed by atoms with E-state index in [1.807, 2.05) is 19.1 Å². The van der Waals surface area contributed by atoms with Gasteiger partial charge in [0.05, 0.1) is 11.8 Å². The number of carbonyl (C=O) groups is 2. The second kappa shape index (κ2) is 6.00. The van der Waals surface area contributed by atoms with Crippen LogP contribution in [0.3, 0.4) is 0 Å². The van der Waals surface area contributed by atoms with Crippen molar-refractivity contribution < 1.29 is 14.7 Å². The number of nitrogens with one attached hydrogen (secondary N) is 1. The predicted octanol–water partition coefficient (Wildman–Crippen LogP) is 2.22. The topological polar surface area (TPSA) is 66.4 Å². The Morgan fingerprint density at radius 2 is 2.06 bits per heavy atom. The van der Waals surface area contributed by atoms with Gasteiger partial charge in [0.1, 0.15) is 0 Å². The maximum absolute atomic E-state index is 11.6. The highest BCUT2D eigenvalue weighted by atomic mass is 32.1. The van der Waals surface area contributed by atoms with Crippen LogP contribution in [0.2, 0.25) is 0 Å². The molecule has 0 aliphatic carbocycles. The first-order valence-electron chi connectivity index (χ1n) is 5.87. The van der Waals surface area contributed by atoms with Crippen molar-refractivity contribution in [2.75, 3.05) is 6.54 Å². The largest absolute Gasteiger partial charge is 0.481 e. The molecule has 0 aliphatic heterocycles. The lowest BCUT2D eigenvalue weighted by atomic mass is 9.90. The van der Waals surface area contributed by atoms with E-state index in [9.17, 15) is 9.59 Å². The molecule has 0 saturated heterocycles. The monoisotopic (exact) mass is 269 g/mol. The number of aryl methyl sites for hydroxylation is 1. The van der Waals surface area contributed by atoms with E-state index in [1.54, 1.807) is 25.2 Å². The maximum Gasteiger partial charge on any atom is 0.309 e. The molecule has 0 atom stereocenters. The highest BCUT2D eigenvalue weighted by molar-refractivity contribution is 7.12. The minimum atomic E-state index is -0.842. The van der Waals surface area contributed by atoms with Crippen LogP contribution < -0.4 is 5.32 Å². The Labute approximate surface area is 111 Å². The van der Waals surface area contributed by atoms with Crippen LogP contribution in [0.4, 0.5) is 0 Å². The van der Waals surface area contributed by atoms with Crippen molar-refractivity contribution in [3.8, 4) is 0 Å². The third-order valence-corrected chi connectivity index (χ3v) is 3.78. The summed E-state index contributed by atoms with van der Waals surface area (Å²) < 4.78 is 0. The van der Waals surface area contributed by atoms with Crippen LogP contribution in [0.1, 0.15) is 30.0 Å². The zero-order valence-corrected chi connectivity index (χ0v) is 11.8. The van der Waals surface area contributed by atoms with E-state index in [1.165, 1.54) is 4.88 Å². The fourth-order valence-electron chi connectivity index (χ4n) is 1.42. The molecule has 0 saturated carbocycles. The molecule has 0 radical (unpaired) electrons. The van der Waals surface area contributed by atoms with Crippen molar-refractivity contribution in [2.45, 2.75) is 33.6 Å². The first-order valence-corrected chi connectivity index (χ1v) is 6.68. The van der Waals surface area contributed by atoms with E-state index in [4.69, 9.17) is 5.11 Å². The van der Waals surface area contributed by atoms with Crippen LogP contribution in [-0.2, 0) is 16.0 Å². The van der Waals surface area contributed by atoms with Gasteiger partial charge in [-0.3, -0.25) is 9.59 Å². The zero-order chi connectivity index (χ0) is 13.8. The average Bonchev–Trinajstić information content (AvgIpc) is 2.63. The number of aliphatic carboxylic acids is 1. The molecule has 4 nitrogen and oxygen atoms in total. The number of carboxylic acids is 1. The molecule has 1 amide bonds. The normalized spacial score (nSPS) is 11.3. The van der Waals surface area contributed by atoms with Crippen LogP contribution in [0, 0.1) is 12.3 Å². The Balaban J connectivity index is 2.32. The Morgan fingerprint density at radius 1 is 1.39 bits per heavy atom. The highest BCUT2D eigenvalue weighted by Crippen LogP contribution is 2.19. The molecule has 1 aromatic heterocycles. The fourth-order valence-corrected chi connectivity index (χ4v) is 2.31. The molecule has 0 fully saturated rings. The van der Waals surface area contributed by atoms with Crippen molar-refractivity contribution in [3.63, 3.8) is 0 Å². The van der Waals surface area contributed by atoms with Crippen molar-refractivity contribution in [2.24, 2.45) is 5.41 Å². The first kappa shape index (κ1) is 14.7. The molecule has 0 spiro atoms. The van der Waals surface area contributed by atoms with Gasteiger partial charge in [-0.05, 0) is 39.3 Å². The summed E-state index contributed by atoms with van der Waals surface area (Å²) in [4.78, 5) is 24.7. The van der Waals surface area contributed by atoms with Crippen LogP contribution in [0.15, 0.2) is 12.1 Å². The van der Waals surface area contributed by atoms with Gasteiger partial charge in [-0.15, -0.1) is 11.3 Å². The van der Waals surface area contributed by atoms with Crippen LogP contribution in [0.5, 0.6) is 0 Å². The number of amides is 1. The van der Waals surface area contributed by atoms with Gasteiger partial charge in [-0.1, -0.05) is 0 Å². The molecular formula is C13H19NO3S. The summed E-state index contributed by atoms with van der Waals surface area (Å²) in [5.41, 5.74) is -0.799. The van der Waals surface area contributed by atoms with E-state index >= 15 is 0 Å². The minimum absolute atomic E-state index is 0.0574. The number of rotatable bonds is 6. The smallest absolute Gasteiger partial charge is 0.309 e. The predicted molar refractivity (Wildman–Crippen MR) is 71.8 cm³/mol. The van der Waals surface area contributed by atoms with Gasteiger partial charge in [-0.25, -0.2) is 0 Å². The Kier molecular flexibility index (Phi) is 4.90. The van der Waals surface area contributed by atoms with E-state index in [0.717, 1.165) is 4.88 Å². The second-order valence-electron chi connectivity index (χ2n) is 4.98. The van der Waals surface area contributed by atoms with Gasteiger partial charge < -0.3 is 10.4 Å². The van der Waals surface area contributed by atoms with Crippen molar-refractivity contribution in [3.05, 3.63) is 21.9 Å². The Bertz CT molecular complexity index is 437. The van der Waals surface area contributed by atoms with Crippen molar-refractivity contribution in [1.82, 2.24) is 5.32 Å². The molecule has 100 valence electrons. The summed E-state index contributed by atoms with van der Waals surface area (Å²) in [7, 11) is 0. The molecule has 0 unspecified atom stereocenters. The lowest BCUT2D eigenvalue weighted by molar-refractivity contribution is -0.147. The minimum Gasteiger partial charge on any atom is -0.481 e. The number of hydrogen-bond acceptors (Lipinski definition) is 3. The van der Waals surface area contributed by atoms with E-state index < -0.39 is 11.4 Å². The molecule has 1 aromatic rings. The average molecular weight is 269 g/mol. The van der Waals surface area contributed by atoms with Gasteiger partial charge in [0.25, 0.3) is 0 Å². The number of hydrogen-bond donors (Lipinski definition) is 2. The maximum atomic E-state index is 11.6. The van der Waals surface area contributed by atoms with Gasteiger partial charge in [0, 0.05) is 16.3 Å². The summed E-state index contributed by atoms with van der Waals surface area (Å²) in [6, 6.07) is 3.93. The van der Waals surface area contributed by atoms with Crippen LogP contribution in [0.25, 0.3) is 0 Å². The third kappa shape index (κ3) is 4.49. The fraction of sp³-hybridized carbons (Fsp3) is 0.538. The molecule has 1 heterocycles. The summed E-state index contributed by atoms with van der Waals surface area (Å²) in [6.45, 7) is 5.71. The summed E-state index contributed by atoms with van der Waals surface area (Å²) in [5, 5.41) is 11.7. The van der Waals surface area contributed by atoms with Gasteiger partial charge in [0.2, 0.25) is 5.91 Å². The summed E-state index contributed by atoms with van der Waals surface area (Å²) in [6.07, 6.45) is 0.795. The Hall–Kier alpha value is -1.36. The molecule has 5 heteroatoms. The van der Waals surface area contributed by atoms with Gasteiger partial charge in [0.15, 0.2) is 0 Å². The third-order valence-electron chi connectivity index (χ3n) is 2.78. The quantitative estimate of drug-likeness (QED) is 0.832. The molecule has 0 aliphatic rings. The van der Waals surface area contributed by atoms with E-state index in [0.29, 0.717) is 19.4 Å². The van der Waals surface area contributed by atoms with E-state index in [-0.39, 0.29) is 5.91 Å². The SMILES string of the molecule is Cc1ccc(CC(=O)NCCC(C)(C)C(=O)O)s1. The standard InChI is InChI=1S/C13H19NO3S/c1-9-4-5-10(18-9)8-11(15)14-7-6-13(2,3)12(16)17/h4-5H,6-8H2,1-3H3,(H,14,15)(H,16,17). The molecule has 18 heavy (non-hydrogen) atoms. The summed E-state index contributed by atoms with van der Waals surface area (Å²) in [5.74, 6) is -0.899. The Morgan fingerprint density at radius 3 is 2.56 bits per heavy atom. The molecule has 0 bridgehead atoms. The van der Waals surface area contributed by atoms with Crippen molar-refractivity contribution >= 4 is 23.2 Å². The number of carboxylic acid groups (broad SMARTS) is 1. The molecule has 1 rings (SSSR count). The highest BCUT2D eigenvalue weighted by Gasteiger charge is 2.26. The van der Waals surface area contributed by atoms with Crippen molar-refractivity contribution in [1.29, 1.82) is 0 Å². The zero-order valence-electron chi connectivity index (χ0n) is 10.9. The van der Waals surface area contributed by atoms with Crippen LogP contribution in [-0.4, -0.2) is 23.5 Å². The number of thiophene rings is 1. The van der Waals surface area contributed by atoms with Crippen LogP contribution >= 0.6 is 11.3 Å². The first-order chi connectivity index (χ1) is 8.31. The second-order valence-corrected chi connectivity index (χ2v) is 6.35. The lowest BCUT2D eigenvalue weighted by Crippen LogP contribution is -2.32. The van der Waals surface area contributed by atoms with Gasteiger partial charge in [-0.2, -0.15) is 0 Å². The van der Waals surface area contributed by atoms with Gasteiger partial charge >= 0.3 is 5.97 Å².